The van der Waals surface area contributed by atoms with Crippen molar-refractivity contribution in [2.24, 2.45) is 0 Å². The third-order valence-corrected chi connectivity index (χ3v) is 5.56. The van der Waals surface area contributed by atoms with Crippen LogP contribution in [0.2, 0.25) is 0 Å². The van der Waals surface area contributed by atoms with Crippen molar-refractivity contribution in [3.8, 4) is 12.3 Å². The number of nitrogens with zero attached hydrogens (tertiary/aromatic N) is 1. The van der Waals surface area contributed by atoms with E-state index in [1.165, 1.54) is 12.0 Å². The molecular weight excluding hydrogens is 490 g/mol. The van der Waals surface area contributed by atoms with E-state index >= 15 is 0 Å². The summed E-state index contributed by atoms with van der Waals surface area (Å²) >= 11 is 0. The number of carbonyl (C=O) groups excluding carboxylic acids is 4. The van der Waals surface area contributed by atoms with Gasteiger partial charge < -0.3 is 30.1 Å². The average molecular weight is 532 g/mol. The number of nitrogens with one attached hydrogen (secondary N) is 2. The first kappa shape index (κ1) is 32.4. The highest BCUT2D eigenvalue weighted by Gasteiger charge is 2.37. The maximum atomic E-state index is 13.8. The second-order valence-corrected chi connectivity index (χ2v) is 9.76. The van der Waals surface area contributed by atoms with Crippen molar-refractivity contribution in [2.45, 2.75) is 77.5 Å². The number of terminal acetylenes is 1. The average Bonchev–Trinajstić information content (AvgIpc) is 2.88. The molecule has 0 aromatic heterocycles. The van der Waals surface area contributed by atoms with Crippen LogP contribution in [-0.2, 0) is 23.9 Å². The maximum Gasteiger partial charge on any atom is 0.408 e. The Hall–Kier alpha value is -3.58. The largest absolute Gasteiger partial charge is 0.468 e. The third kappa shape index (κ3) is 10.8. The van der Waals surface area contributed by atoms with Crippen LogP contribution in [0.15, 0.2) is 24.3 Å². The van der Waals surface area contributed by atoms with Gasteiger partial charge in [-0.2, -0.15) is 0 Å². The summed E-state index contributed by atoms with van der Waals surface area (Å²) in [7, 11) is 1.19. The number of hydrogen-bond donors (Lipinski definition) is 3. The molecule has 1 rings (SSSR count). The Balaban J connectivity index is 3.46. The fraction of sp³-hybridized carbons (Fsp3) is 0.571. The van der Waals surface area contributed by atoms with Gasteiger partial charge in [0.2, 0.25) is 11.8 Å². The molecule has 0 bridgehead atoms. The Morgan fingerprint density at radius 2 is 1.76 bits per heavy atom. The molecule has 3 N–H and O–H groups in total. The van der Waals surface area contributed by atoms with E-state index in [9.17, 15) is 24.3 Å². The molecular formula is C28H41N3O7. The number of hydrogen-bond acceptors (Lipinski definition) is 7. The summed E-state index contributed by atoms with van der Waals surface area (Å²) < 4.78 is 9.86. The number of methoxy groups -OCH3 is 1. The molecule has 0 heterocycles. The lowest BCUT2D eigenvalue weighted by Crippen LogP contribution is -2.55. The van der Waals surface area contributed by atoms with Crippen LogP contribution in [0.4, 0.5) is 4.79 Å². The van der Waals surface area contributed by atoms with Crippen LogP contribution in [0.1, 0.15) is 77.0 Å². The minimum Gasteiger partial charge on any atom is -0.468 e. The van der Waals surface area contributed by atoms with E-state index in [0.29, 0.717) is 17.5 Å². The summed E-state index contributed by atoms with van der Waals surface area (Å²) in [6.45, 7) is 6.10. The van der Waals surface area contributed by atoms with Crippen LogP contribution in [0.25, 0.3) is 0 Å². The zero-order valence-electron chi connectivity index (χ0n) is 23.0. The summed E-state index contributed by atoms with van der Waals surface area (Å²) in [6, 6.07) is 4.05. The fourth-order valence-electron chi connectivity index (χ4n) is 3.73. The maximum absolute atomic E-state index is 13.8. The first-order chi connectivity index (χ1) is 18.0. The number of esters is 1. The van der Waals surface area contributed by atoms with Gasteiger partial charge in [-0.05, 0) is 38.8 Å². The van der Waals surface area contributed by atoms with Crippen LogP contribution in [0, 0.1) is 12.3 Å². The number of unbranched alkanes of at least 4 members (excludes halogenated alkanes) is 4. The van der Waals surface area contributed by atoms with Crippen LogP contribution in [0.5, 0.6) is 0 Å². The topological polar surface area (TPSA) is 134 Å². The molecule has 0 radical (unpaired) electrons. The van der Waals surface area contributed by atoms with Crippen molar-refractivity contribution in [3.63, 3.8) is 0 Å². The van der Waals surface area contributed by atoms with E-state index in [-0.39, 0.29) is 6.54 Å². The zero-order valence-corrected chi connectivity index (χ0v) is 23.0. The van der Waals surface area contributed by atoms with Crippen LogP contribution < -0.4 is 10.6 Å². The first-order valence-electron chi connectivity index (χ1n) is 12.8. The molecule has 0 aliphatic rings. The number of benzene rings is 1. The number of rotatable bonds is 14. The smallest absolute Gasteiger partial charge is 0.408 e. The van der Waals surface area contributed by atoms with E-state index in [2.05, 4.69) is 28.2 Å². The van der Waals surface area contributed by atoms with Crippen molar-refractivity contribution >= 4 is 23.9 Å². The van der Waals surface area contributed by atoms with E-state index in [1.807, 2.05) is 0 Å². The van der Waals surface area contributed by atoms with Crippen LogP contribution in [0.3, 0.4) is 0 Å². The number of amides is 3. The summed E-state index contributed by atoms with van der Waals surface area (Å²) in [4.78, 5) is 52.7. The predicted molar refractivity (Wildman–Crippen MR) is 143 cm³/mol. The van der Waals surface area contributed by atoms with E-state index < -0.39 is 54.7 Å². The molecule has 0 saturated heterocycles. The second-order valence-electron chi connectivity index (χ2n) is 9.76. The van der Waals surface area contributed by atoms with Crippen molar-refractivity contribution in [1.29, 1.82) is 0 Å². The molecule has 0 aliphatic carbocycles. The standard InChI is InChI=1S/C28H41N3O7/c1-7-9-10-11-14-17-31(26(35)22(19-32)30-27(36)38-28(3,4)5)24(25(34)29-18-23(33)37-6)21-16-13-12-15-20(21)8-2/h2,12-13,15-16,22,24,32H,7,9-11,14,17-19H2,1,3-6H3,(H,29,34)(H,30,36). The number of ether oxygens (including phenoxy) is 2. The van der Waals surface area contributed by atoms with Crippen molar-refractivity contribution in [2.75, 3.05) is 26.8 Å². The molecule has 1 aromatic carbocycles. The highest BCUT2D eigenvalue weighted by molar-refractivity contribution is 5.93. The Morgan fingerprint density at radius 1 is 1.11 bits per heavy atom. The Kier molecular flexibility index (Phi) is 13.9. The molecule has 38 heavy (non-hydrogen) atoms. The second kappa shape index (κ2) is 16.3. The minimum atomic E-state index is -1.38. The molecule has 0 spiro atoms. The van der Waals surface area contributed by atoms with Gasteiger partial charge >= 0.3 is 12.1 Å². The number of carbonyl (C=O) groups is 4. The predicted octanol–water partition coefficient (Wildman–Crippen LogP) is 2.68. The molecule has 2 atom stereocenters. The van der Waals surface area contributed by atoms with Gasteiger partial charge in [0.25, 0.3) is 0 Å². The molecule has 210 valence electrons. The SMILES string of the molecule is C#Cc1ccccc1C(C(=O)NCC(=O)OC)N(CCCCCCC)C(=O)C(CO)NC(=O)OC(C)(C)C. The molecule has 0 aliphatic heterocycles. The van der Waals surface area contributed by atoms with Gasteiger partial charge in [-0.3, -0.25) is 14.4 Å². The highest BCUT2D eigenvalue weighted by atomic mass is 16.6. The van der Waals surface area contributed by atoms with Gasteiger partial charge in [0.1, 0.15) is 24.2 Å². The van der Waals surface area contributed by atoms with Gasteiger partial charge in [0, 0.05) is 12.1 Å². The van der Waals surface area contributed by atoms with Gasteiger partial charge in [0.15, 0.2) is 0 Å². The lowest BCUT2D eigenvalue weighted by Gasteiger charge is -2.34. The summed E-state index contributed by atoms with van der Waals surface area (Å²) in [5.41, 5.74) is -0.0721. The fourth-order valence-corrected chi connectivity index (χ4v) is 3.73. The Bertz CT molecular complexity index is 981. The van der Waals surface area contributed by atoms with E-state index in [1.54, 1.807) is 45.0 Å². The summed E-state index contributed by atoms with van der Waals surface area (Å²) in [5, 5.41) is 14.9. The van der Waals surface area contributed by atoms with Gasteiger partial charge in [-0.15, -0.1) is 6.42 Å². The zero-order chi connectivity index (χ0) is 28.7. The number of aliphatic hydroxyl groups is 1. The van der Waals surface area contributed by atoms with Gasteiger partial charge in [0.05, 0.1) is 13.7 Å². The minimum absolute atomic E-state index is 0.143. The number of aliphatic hydroxyl groups excluding tert-OH is 1. The monoisotopic (exact) mass is 531 g/mol. The van der Waals surface area contributed by atoms with E-state index in [0.717, 1.165) is 25.7 Å². The van der Waals surface area contributed by atoms with Crippen LogP contribution in [-0.4, -0.2) is 72.3 Å². The van der Waals surface area contributed by atoms with Gasteiger partial charge in [-0.1, -0.05) is 56.7 Å². The molecule has 0 fully saturated rings. The Morgan fingerprint density at radius 3 is 2.34 bits per heavy atom. The Labute approximate surface area is 225 Å². The third-order valence-electron chi connectivity index (χ3n) is 5.56. The van der Waals surface area contributed by atoms with Gasteiger partial charge in [-0.25, -0.2) is 4.79 Å². The lowest BCUT2D eigenvalue weighted by molar-refractivity contribution is -0.145. The first-order valence-corrected chi connectivity index (χ1v) is 12.8. The molecule has 3 amide bonds. The number of alkyl carbamates (subject to hydrolysis) is 1. The quantitative estimate of drug-likeness (QED) is 0.191. The summed E-state index contributed by atoms with van der Waals surface area (Å²) in [5.74, 6) is 0.516. The normalized spacial score (nSPS) is 12.4. The van der Waals surface area contributed by atoms with Crippen LogP contribution >= 0.6 is 0 Å². The van der Waals surface area contributed by atoms with Crippen molar-refractivity contribution in [1.82, 2.24) is 15.5 Å². The lowest BCUT2D eigenvalue weighted by atomic mass is 9.97. The molecule has 10 heteroatoms. The van der Waals surface area contributed by atoms with Crippen molar-refractivity contribution < 1.29 is 33.8 Å². The van der Waals surface area contributed by atoms with E-state index in [4.69, 9.17) is 11.2 Å². The molecule has 10 nitrogen and oxygen atoms in total. The van der Waals surface area contributed by atoms with Crippen molar-refractivity contribution in [3.05, 3.63) is 35.4 Å². The molecule has 0 saturated carbocycles. The highest BCUT2D eigenvalue weighted by Crippen LogP contribution is 2.26. The molecule has 1 aromatic rings. The molecule has 2 unspecified atom stereocenters. The summed E-state index contributed by atoms with van der Waals surface area (Å²) in [6.07, 6.45) is 9.18.